The molecule has 1 aromatic heterocycles. The van der Waals surface area contributed by atoms with Crippen molar-refractivity contribution in [2.24, 2.45) is 0 Å². The summed E-state index contributed by atoms with van der Waals surface area (Å²) in [6, 6.07) is -0.00582. The first-order valence-electron chi connectivity index (χ1n) is 7.74. The molecule has 1 fully saturated rings. The molecule has 0 unspecified atom stereocenters. The number of nitrogens with two attached hydrogens (primary N) is 1. The molecule has 1 aromatic carbocycles. The maximum Gasteiger partial charge on any atom is 0.341 e. The maximum absolute atomic E-state index is 14.6. The number of rotatable bonds is 6. The normalized spacial score (nSPS) is 14.0. The van der Waals surface area contributed by atoms with Crippen LogP contribution in [0.2, 0.25) is 5.02 Å². The number of benzene rings is 1. The van der Waals surface area contributed by atoms with E-state index >= 15 is 0 Å². The molecule has 25 heavy (non-hydrogen) atoms. The molecule has 1 aliphatic carbocycles. The van der Waals surface area contributed by atoms with Crippen LogP contribution in [-0.2, 0) is 0 Å². The largest absolute Gasteiger partial charge is 0.487 e. The summed E-state index contributed by atoms with van der Waals surface area (Å²) >= 11 is 6.33. The predicted molar refractivity (Wildman–Crippen MR) is 92.2 cm³/mol. The number of hydrogen-bond donors (Lipinski definition) is 3. The minimum atomic E-state index is -1.40. The van der Waals surface area contributed by atoms with E-state index in [4.69, 9.17) is 22.1 Å². The van der Waals surface area contributed by atoms with Gasteiger partial charge < -0.3 is 25.5 Å². The summed E-state index contributed by atoms with van der Waals surface area (Å²) in [6.45, 7) is 0.611. The van der Waals surface area contributed by atoms with Gasteiger partial charge in [-0.15, -0.1) is 0 Å². The summed E-state index contributed by atoms with van der Waals surface area (Å²) in [5, 5.41) is 11.8. The lowest BCUT2D eigenvalue weighted by molar-refractivity contribution is 0.0695. The fourth-order valence-corrected chi connectivity index (χ4v) is 3.05. The van der Waals surface area contributed by atoms with Crippen LogP contribution >= 0.6 is 11.6 Å². The number of aromatic nitrogens is 1. The van der Waals surface area contributed by atoms with Crippen molar-refractivity contribution in [3.8, 4) is 5.75 Å². The van der Waals surface area contributed by atoms with E-state index in [1.807, 2.05) is 0 Å². The zero-order valence-electron chi connectivity index (χ0n) is 13.4. The topological polar surface area (TPSA) is 107 Å². The second-order valence-corrected chi connectivity index (χ2v) is 6.24. The first-order chi connectivity index (χ1) is 11.9. The Hall–Kier alpha value is -2.32. The van der Waals surface area contributed by atoms with Crippen LogP contribution in [0.25, 0.3) is 10.9 Å². The van der Waals surface area contributed by atoms with Crippen molar-refractivity contribution >= 4 is 34.2 Å². The summed E-state index contributed by atoms with van der Waals surface area (Å²) in [4.78, 5) is 23.9. The Labute approximate surface area is 147 Å². The van der Waals surface area contributed by atoms with E-state index in [1.165, 1.54) is 6.20 Å². The first kappa shape index (κ1) is 17.5. The van der Waals surface area contributed by atoms with Gasteiger partial charge in [0.15, 0.2) is 11.6 Å². The summed E-state index contributed by atoms with van der Waals surface area (Å²) < 4.78 is 21.6. The van der Waals surface area contributed by atoms with Crippen molar-refractivity contribution < 1.29 is 19.0 Å². The van der Waals surface area contributed by atoms with Crippen molar-refractivity contribution in [1.82, 2.24) is 9.88 Å². The number of nitrogen functional groups attached to an aromatic ring is 1. The molecule has 0 saturated heterocycles. The number of pyridine rings is 1. The van der Waals surface area contributed by atoms with Crippen LogP contribution in [0.1, 0.15) is 29.2 Å². The van der Waals surface area contributed by atoms with E-state index in [9.17, 15) is 19.1 Å². The number of likely N-dealkylation sites (N-methyl/N-ethyl adjacent to an activating group) is 1. The molecule has 7 nitrogen and oxygen atoms in total. The number of carboxylic acids is 1. The van der Waals surface area contributed by atoms with Gasteiger partial charge in [0.2, 0.25) is 5.43 Å². The highest BCUT2D eigenvalue weighted by Crippen LogP contribution is 2.44. The number of fused-ring (bicyclic) bond motifs is 1. The molecule has 1 saturated carbocycles. The van der Waals surface area contributed by atoms with E-state index in [0.717, 1.165) is 12.8 Å². The van der Waals surface area contributed by atoms with E-state index < -0.39 is 28.5 Å². The molecule has 0 bridgehead atoms. The Morgan fingerprint density at radius 3 is 2.80 bits per heavy atom. The molecule has 0 amide bonds. The Kier molecular flexibility index (Phi) is 4.57. The molecular formula is C16H17ClFN3O4. The molecule has 1 heterocycles. The van der Waals surface area contributed by atoms with E-state index in [1.54, 1.807) is 11.6 Å². The van der Waals surface area contributed by atoms with Gasteiger partial charge in [0, 0.05) is 18.8 Å². The molecule has 0 spiro atoms. The molecule has 2 aromatic rings. The van der Waals surface area contributed by atoms with Gasteiger partial charge in [-0.2, -0.15) is 0 Å². The third kappa shape index (κ3) is 2.91. The fraction of sp³-hybridized carbons (Fsp3) is 0.375. The van der Waals surface area contributed by atoms with Gasteiger partial charge >= 0.3 is 5.97 Å². The molecule has 1 aliphatic rings. The summed E-state index contributed by atoms with van der Waals surface area (Å²) in [5.74, 6) is -2.60. The first-order valence-corrected chi connectivity index (χ1v) is 8.12. The SMILES string of the molecule is CNCCOc1c(F)c(N)c2c(=O)c(C(=O)O)cn(C3CC3)c2c1Cl. The number of hydrogen-bond acceptors (Lipinski definition) is 5. The zero-order chi connectivity index (χ0) is 18.3. The fourth-order valence-electron chi connectivity index (χ4n) is 2.72. The predicted octanol–water partition coefficient (Wildman–Crippen LogP) is 2.01. The van der Waals surface area contributed by atoms with Crippen LogP contribution < -0.4 is 21.2 Å². The van der Waals surface area contributed by atoms with Crippen LogP contribution in [0.5, 0.6) is 5.75 Å². The highest BCUT2D eigenvalue weighted by molar-refractivity contribution is 6.37. The monoisotopic (exact) mass is 369 g/mol. The molecule has 134 valence electrons. The Bertz CT molecular complexity index is 924. The standard InChI is InChI=1S/C16H17ClFN3O4/c1-20-4-5-25-15-10(17)13-9(12(19)11(15)18)14(22)8(16(23)24)6-21(13)7-2-3-7/h6-7,20H,2-5,19H2,1H3,(H,23,24). The number of anilines is 1. The molecule has 9 heteroatoms. The van der Waals surface area contributed by atoms with Crippen molar-refractivity contribution in [3.63, 3.8) is 0 Å². The van der Waals surface area contributed by atoms with E-state index in [0.29, 0.717) is 6.54 Å². The molecule has 0 radical (unpaired) electrons. The number of carboxylic acid groups (broad SMARTS) is 1. The van der Waals surface area contributed by atoms with Gasteiger partial charge in [-0.25, -0.2) is 9.18 Å². The van der Waals surface area contributed by atoms with Crippen molar-refractivity contribution in [2.45, 2.75) is 18.9 Å². The minimum absolute atomic E-state index is 0.00582. The van der Waals surface area contributed by atoms with Gasteiger partial charge in [-0.05, 0) is 19.9 Å². The number of aromatic carboxylic acids is 1. The Morgan fingerprint density at radius 2 is 2.24 bits per heavy atom. The van der Waals surface area contributed by atoms with Crippen LogP contribution in [-0.4, -0.2) is 35.8 Å². The highest BCUT2D eigenvalue weighted by atomic mass is 35.5. The average molecular weight is 370 g/mol. The summed E-state index contributed by atoms with van der Waals surface area (Å²) in [7, 11) is 1.72. The third-order valence-corrected chi connectivity index (χ3v) is 4.47. The van der Waals surface area contributed by atoms with Crippen molar-refractivity contribution in [2.75, 3.05) is 25.9 Å². The van der Waals surface area contributed by atoms with Gasteiger partial charge in [0.05, 0.1) is 16.6 Å². The van der Waals surface area contributed by atoms with Gasteiger partial charge in [-0.1, -0.05) is 11.6 Å². The van der Waals surface area contributed by atoms with Crippen molar-refractivity contribution in [3.05, 3.63) is 32.8 Å². The number of halogens is 2. The van der Waals surface area contributed by atoms with Crippen LogP contribution in [0.15, 0.2) is 11.0 Å². The quantitative estimate of drug-likeness (QED) is 0.531. The maximum atomic E-state index is 14.6. The Balaban J connectivity index is 2.35. The summed E-state index contributed by atoms with van der Waals surface area (Å²) in [5.41, 5.74) is 4.24. The third-order valence-electron chi connectivity index (χ3n) is 4.12. The van der Waals surface area contributed by atoms with Crippen LogP contribution in [0, 0.1) is 5.82 Å². The van der Waals surface area contributed by atoms with Gasteiger partial charge in [0.25, 0.3) is 0 Å². The van der Waals surface area contributed by atoms with Crippen LogP contribution in [0.3, 0.4) is 0 Å². The molecule has 4 N–H and O–H groups in total. The lowest BCUT2D eigenvalue weighted by Gasteiger charge is -2.18. The van der Waals surface area contributed by atoms with E-state index in [2.05, 4.69) is 5.32 Å². The zero-order valence-corrected chi connectivity index (χ0v) is 14.2. The van der Waals surface area contributed by atoms with E-state index in [-0.39, 0.29) is 34.3 Å². The average Bonchev–Trinajstić information content (AvgIpc) is 3.40. The smallest absolute Gasteiger partial charge is 0.341 e. The number of nitrogens with one attached hydrogen (secondary N) is 1. The van der Waals surface area contributed by atoms with Gasteiger partial charge in [-0.3, -0.25) is 4.79 Å². The highest BCUT2D eigenvalue weighted by Gasteiger charge is 2.31. The molecular weight excluding hydrogens is 353 g/mol. The Morgan fingerprint density at radius 1 is 1.56 bits per heavy atom. The van der Waals surface area contributed by atoms with Gasteiger partial charge in [0.1, 0.15) is 17.2 Å². The molecule has 3 rings (SSSR count). The number of ether oxygens (including phenoxy) is 1. The number of nitrogens with zero attached hydrogens (tertiary/aromatic N) is 1. The second kappa shape index (κ2) is 6.53. The summed E-state index contributed by atoms with van der Waals surface area (Å²) in [6.07, 6.45) is 2.85. The lowest BCUT2D eigenvalue weighted by Crippen LogP contribution is -2.21. The minimum Gasteiger partial charge on any atom is -0.487 e. The molecule has 0 aliphatic heterocycles. The lowest BCUT2D eigenvalue weighted by atomic mass is 10.1. The van der Waals surface area contributed by atoms with Crippen molar-refractivity contribution in [1.29, 1.82) is 0 Å². The number of carbonyl (C=O) groups is 1. The van der Waals surface area contributed by atoms with Crippen LogP contribution in [0.4, 0.5) is 10.1 Å². The molecule has 0 atom stereocenters. The second-order valence-electron chi connectivity index (χ2n) is 5.86.